The highest BCUT2D eigenvalue weighted by Gasteiger charge is 2.06. The fourth-order valence-electron chi connectivity index (χ4n) is 0.745. The van der Waals surface area contributed by atoms with Crippen LogP contribution in [0.2, 0.25) is 0 Å². The second kappa shape index (κ2) is 3.46. The van der Waals surface area contributed by atoms with Crippen molar-refractivity contribution in [3.05, 3.63) is 23.8 Å². The third kappa shape index (κ3) is 3.14. The molecule has 0 atom stereocenters. The Labute approximate surface area is 82.3 Å². The molecule has 1 aromatic carbocycles. The summed E-state index contributed by atoms with van der Waals surface area (Å²) in [5, 5.41) is 0. The summed E-state index contributed by atoms with van der Waals surface area (Å²) in [4.78, 5) is 0.383. The lowest BCUT2D eigenvalue weighted by Crippen LogP contribution is -2.10. The fourth-order valence-corrected chi connectivity index (χ4v) is 1.55. The van der Waals surface area contributed by atoms with Crippen molar-refractivity contribution in [2.45, 2.75) is 11.8 Å². The zero-order valence-electron chi connectivity index (χ0n) is 6.70. The van der Waals surface area contributed by atoms with E-state index >= 15 is 0 Å². The van der Waals surface area contributed by atoms with E-state index in [1.165, 1.54) is 0 Å². The summed E-state index contributed by atoms with van der Waals surface area (Å²) >= 11 is 3.99. The maximum atomic E-state index is 10.4. The Hall–Kier alpha value is -0.900. The SMILES string of the molecule is Cc1c#cc(NS(=O)(=O)O)c(S)c1. The number of thiol groups is 1. The number of rotatable bonds is 2. The lowest BCUT2D eigenvalue weighted by Gasteiger charge is -2.01. The van der Waals surface area contributed by atoms with Crippen LogP contribution in [-0.2, 0) is 10.3 Å². The van der Waals surface area contributed by atoms with Crippen molar-refractivity contribution >= 4 is 28.6 Å². The second-order valence-corrected chi connectivity index (χ2v) is 4.05. The van der Waals surface area contributed by atoms with E-state index in [-0.39, 0.29) is 5.69 Å². The Morgan fingerprint density at radius 2 is 2.15 bits per heavy atom. The monoisotopic (exact) mass is 217 g/mol. The summed E-state index contributed by atoms with van der Waals surface area (Å²) in [7, 11) is -4.26. The molecule has 0 fully saturated rings. The predicted octanol–water partition coefficient (Wildman–Crippen LogP) is 1.10. The Balaban J connectivity index is 3.04. The van der Waals surface area contributed by atoms with Gasteiger partial charge in [-0.25, -0.2) is 0 Å². The number of hydrogen-bond acceptors (Lipinski definition) is 3. The first-order valence-electron chi connectivity index (χ1n) is 3.27. The van der Waals surface area contributed by atoms with E-state index in [9.17, 15) is 8.42 Å². The van der Waals surface area contributed by atoms with Gasteiger partial charge in [0.15, 0.2) is 0 Å². The molecule has 70 valence electrons. The molecule has 0 aliphatic rings. The van der Waals surface area contributed by atoms with Crippen molar-refractivity contribution in [3.8, 4) is 0 Å². The lowest BCUT2D eigenvalue weighted by molar-refractivity contribution is 0.489. The fraction of sp³-hybridized carbons (Fsp3) is 0.143. The molecule has 0 aliphatic carbocycles. The first kappa shape index (κ1) is 10.2. The molecule has 6 heteroatoms. The van der Waals surface area contributed by atoms with Gasteiger partial charge < -0.3 is 0 Å². The highest BCUT2D eigenvalue weighted by atomic mass is 32.2. The second-order valence-electron chi connectivity index (χ2n) is 2.41. The van der Waals surface area contributed by atoms with Crippen LogP contribution in [0.5, 0.6) is 0 Å². The number of hydrogen-bond donors (Lipinski definition) is 3. The summed E-state index contributed by atoms with van der Waals surface area (Å²) in [6.07, 6.45) is 0. The molecule has 4 nitrogen and oxygen atoms in total. The molecule has 0 aromatic heterocycles. The molecule has 0 bridgehead atoms. The molecule has 1 aromatic rings. The van der Waals surface area contributed by atoms with E-state index in [2.05, 4.69) is 24.8 Å². The summed E-state index contributed by atoms with van der Waals surface area (Å²) < 4.78 is 31.1. The zero-order valence-corrected chi connectivity index (χ0v) is 8.41. The van der Waals surface area contributed by atoms with Gasteiger partial charge in [0.05, 0.1) is 0 Å². The van der Waals surface area contributed by atoms with Crippen molar-refractivity contribution in [1.29, 1.82) is 0 Å². The minimum atomic E-state index is -4.26. The van der Waals surface area contributed by atoms with Gasteiger partial charge in [-0.15, -0.1) is 12.6 Å². The normalized spacial score (nSPS) is 10.7. The average Bonchev–Trinajstić information content (AvgIpc) is 1.93. The maximum Gasteiger partial charge on any atom is 0.358 e. The van der Waals surface area contributed by atoms with Gasteiger partial charge in [0.1, 0.15) is 5.69 Å². The minimum absolute atomic E-state index is 0.0800. The van der Waals surface area contributed by atoms with Crippen LogP contribution in [0.3, 0.4) is 0 Å². The third-order valence-electron chi connectivity index (χ3n) is 1.23. The van der Waals surface area contributed by atoms with Gasteiger partial charge >= 0.3 is 10.3 Å². The molecule has 0 heterocycles. The van der Waals surface area contributed by atoms with E-state index in [4.69, 9.17) is 4.55 Å². The van der Waals surface area contributed by atoms with E-state index < -0.39 is 10.3 Å². The van der Waals surface area contributed by atoms with Gasteiger partial charge in [-0.05, 0) is 19.1 Å². The summed E-state index contributed by atoms with van der Waals surface area (Å²) in [6.45, 7) is 1.77. The molecule has 0 unspecified atom stereocenters. The maximum absolute atomic E-state index is 10.4. The largest absolute Gasteiger partial charge is 0.358 e. The molecule has 2 N–H and O–H groups in total. The molecule has 0 radical (unpaired) electrons. The van der Waals surface area contributed by atoms with Crippen LogP contribution in [0.4, 0.5) is 5.69 Å². The van der Waals surface area contributed by atoms with Crippen LogP contribution < -0.4 is 4.72 Å². The molecule has 0 amide bonds. The van der Waals surface area contributed by atoms with Crippen molar-refractivity contribution in [2.75, 3.05) is 4.72 Å². The quantitative estimate of drug-likeness (QED) is 0.513. The summed E-state index contributed by atoms with van der Waals surface area (Å²) in [6, 6.07) is 6.77. The van der Waals surface area contributed by atoms with Crippen LogP contribution in [0.25, 0.3) is 0 Å². The topological polar surface area (TPSA) is 66.4 Å². The molecule has 0 saturated heterocycles. The Morgan fingerprint density at radius 1 is 1.54 bits per heavy atom. The number of aryl methyl sites for hydroxylation is 1. The first-order chi connectivity index (χ1) is 5.88. The third-order valence-corrected chi connectivity index (χ3v) is 2.04. The summed E-state index contributed by atoms with van der Waals surface area (Å²) in [5.41, 5.74) is 0.863. The van der Waals surface area contributed by atoms with Gasteiger partial charge in [-0.2, -0.15) is 8.42 Å². The van der Waals surface area contributed by atoms with Crippen LogP contribution >= 0.6 is 12.6 Å². The molecular formula is C7H7NO3S2. The highest BCUT2D eigenvalue weighted by Crippen LogP contribution is 2.18. The molecule has 0 saturated carbocycles. The van der Waals surface area contributed by atoms with E-state index in [1.807, 2.05) is 4.72 Å². The molecule has 0 spiro atoms. The zero-order chi connectivity index (χ0) is 10.1. The summed E-state index contributed by atoms with van der Waals surface area (Å²) in [5.74, 6) is 0. The van der Waals surface area contributed by atoms with Crippen LogP contribution in [-0.4, -0.2) is 13.0 Å². The molecule has 1 rings (SSSR count). The van der Waals surface area contributed by atoms with E-state index in [0.717, 1.165) is 5.56 Å². The van der Waals surface area contributed by atoms with Gasteiger partial charge in [0, 0.05) is 10.5 Å². The number of anilines is 1. The first-order valence-corrected chi connectivity index (χ1v) is 5.16. The lowest BCUT2D eigenvalue weighted by atomic mass is 10.3. The average molecular weight is 217 g/mol. The Morgan fingerprint density at radius 3 is 2.62 bits per heavy atom. The molecule has 13 heavy (non-hydrogen) atoms. The minimum Gasteiger partial charge on any atom is -0.269 e. The smallest absolute Gasteiger partial charge is 0.269 e. The highest BCUT2D eigenvalue weighted by molar-refractivity contribution is 7.87. The van der Waals surface area contributed by atoms with Crippen LogP contribution in [0, 0.1) is 19.1 Å². The van der Waals surface area contributed by atoms with Gasteiger partial charge in [0.25, 0.3) is 0 Å². The Bertz CT molecular complexity index is 414. The van der Waals surface area contributed by atoms with Crippen LogP contribution in [0.1, 0.15) is 5.56 Å². The van der Waals surface area contributed by atoms with Gasteiger partial charge in [-0.3, -0.25) is 9.27 Å². The van der Waals surface area contributed by atoms with Gasteiger partial charge in [0.2, 0.25) is 0 Å². The molecular weight excluding hydrogens is 210 g/mol. The van der Waals surface area contributed by atoms with E-state index in [1.54, 1.807) is 13.0 Å². The number of nitrogens with one attached hydrogen (secondary N) is 1. The van der Waals surface area contributed by atoms with Gasteiger partial charge in [-0.1, -0.05) is 6.07 Å². The molecule has 0 aliphatic heterocycles. The van der Waals surface area contributed by atoms with Crippen molar-refractivity contribution in [2.24, 2.45) is 0 Å². The van der Waals surface area contributed by atoms with E-state index in [0.29, 0.717) is 4.90 Å². The predicted molar refractivity (Wildman–Crippen MR) is 51.3 cm³/mol. The standard InChI is InChI=1S/C7H7NO3S2/c1-5-2-3-6(7(12)4-5)8-13(9,10)11/h4,8,12H,1H3,(H,9,10,11). The van der Waals surface area contributed by atoms with Crippen molar-refractivity contribution in [3.63, 3.8) is 0 Å². The Kier molecular flexibility index (Phi) is 2.71. The van der Waals surface area contributed by atoms with Crippen molar-refractivity contribution < 1.29 is 13.0 Å². The van der Waals surface area contributed by atoms with Crippen molar-refractivity contribution in [1.82, 2.24) is 0 Å². The van der Waals surface area contributed by atoms with Crippen LogP contribution in [0.15, 0.2) is 11.0 Å².